The van der Waals surface area contributed by atoms with Gasteiger partial charge in [-0.05, 0) is 67.5 Å². The number of hydrogen-bond donors (Lipinski definition) is 0. The van der Waals surface area contributed by atoms with Gasteiger partial charge in [-0.15, -0.1) is 0 Å². The molecule has 2 aromatic rings. The maximum absolute atomic E-state index is 12.6. The molecule has 1 fully saturated rings. The quantitative estimate of drug-likeness (QED) is 0.145. The Morgan fingerprint density at radius 3 is 1.97 bits per heavy atom. The highest BCUT2D eigenvalue weighted by molar-refractivity contribution is 5.91. The first-order valence-corrected chi connectivity index (χ1v) is 15.6. The lowest BCUT2D eigenvalue weighted by molar-refractivity contribution is 0.0734. The number of benzene rings is 1. The number of pyridine rings is 1. The van der Waals surface area contributed by atoms with Crippen molar-refractivity contribution >= 4 is 5.97 Å². The van der Waals surface area contributed by atoms with Gasteiger partial charge < -0.3 is 9.47 Å². The molecular formula is C34H51NO3. The van der Waals surface area contributed by atoms with Gasteiger partial charge in [-0.3, -0.25) is 4.98 Å². The maximum Gasteiger partial charge on any atom is 0.343 e. The molecular weight excluding hydrogens is 470 g/mol. The van der Waals surface area contributed by atoms with Crippen molar-refractivity contribution in [2.24, 2.45) is 11.8 Å². The molecule has 0 radical (unpaired) electrons. The lowest BCUT2D eigenvalue weighted by Gasteiger charge is -2.28. The summed E-state index contributed by atoms with van der Waals surface area (Å²) in [6, 6.07) is 11.1. The summed E-state index contributed by atoms with van der Waals surface area (Å²) in [5.74, 6) is 2.71. The third-order valence-electron chi connectivity index (χ3n) is 8.11. The van der Waals surface area contributed by atoms with Crippen LogP contribution < -0.4 is 9.47 Å². The van der Waals surface area contributed by atoms with Gasteiger partial charge in [0.2, 0.25) is 0 Å². The van der Waals surface area contributed by atoms with Crippen LogP contribution in [-0.4, -0.2) is 17.6 Å². The molecule has 0 atom stereocenters. The number of esters is 1. The second-order valence-electron chi connectivity index (χ2n) is 11.3. The summed E-state index contributed by atoms with van der Waals surface area (Å²) in [7, 11) is 0. The van der Waals surface area contributed by atoms with E-state index in [1.165, 1.54) is 96.3 Å². The summed E-state index contributed by atoms with van der Waals surface area (Å²) < 4.78 is 11.3. The fraction of sp³-hybridized carbons (Fsp3) is 0.647. The van der Waals surface area contributed by atoms with Crippen LogP contribution in [0.2, 0.25) is 0 Å². The van der Waals surface area contributed by atoms with Crippen molar-refractivity contribution in [3.63, 3.8) is 0 Å². The number of ether oxygens (including phenoxy) is 2. The van der Waals surface area contributed by atoms with Gasteiger partial charge in [0, 0.05) is 5.69 Å². The molecule has 1 aromatic carbocycles. The van der Waals surface area contributed by atoms with Crippen LogP contribution in [0.1, 0.15) is 133 Å². The van der Waals surface area contributed by atoms with Gasteiger partial charge in [-0.25, -0.2) is 4.79 Å². The topological polar surface area (TPSA) is 48.4 Å². The van der Waals surface area contributed by atoms with Crippen molar-refractivity contribution < 1.29 is 14.3 Å². The van der Waals surface area contributed by atoms with Crippen molar-refractivity contribution in [3.05, 3.63) is 53.9 Å². The Balaban J connectivity index is 1.31. The molecule has 0 saturated heterocycles. The standard InChI is InChI=1S/C34H51NO3/c1-3-5-7-9-11-13-28-14-16-29(17-15-28)18-21-31-22-25-33(27-35-31)38-34(36)30-19-23-32(24-20-30)37-26-12-10-8-6-4-2/h19-20,22-25,27-29H,3-18,21,26H2,1-2H3. The Morgan fingerprint density at radius 1 is 0.737 bits per heavy atom. The van der Waals surface area contributed by atoms with Gasteiger partial charge in [0.15, 0.2) is 0 Å². The van der Waals surface area contributed by atoms with E-state index in [1.807, 2.05) is 24.3 Å². The lowest BCUT2D eigenvalue weighted by Crippen LogP contribution is -2.15. The molecule has 0 amide bonds. The van der Waals surface area contributed by atoms with Crippen LogP contribution in [0.5, 0.6) is 11.5 Å². The van der Waals surface area contributed by atoms with Gasteiger partial charge in [0.25, 0.3) is 0 Å². The minimum atomic E-state index is -0.368. The number of unbranched alkanes of at least 4 members (excludes halogenated alkanes) is 8. The van der Waals surface area contributed by atoms with Crippen LogP contribution in [0.15, 0.2) is 42.6 Å². The summed E-state index contributed by atoms with van der Waals surface area (Å²) in [5, 5.41) is 0. The minimum absolute atomic E-state index is 0.368. The molecule has 0 unspecified atom stereocenters. The van der Waals surface area contributed by atoms with E-state index in [0.717, 1.165) is 36.1 Å². The average Bonchev–Trinajstić information content (AvgIpc) is 2.95. The van der Waals surface area contributed by atoms with Gasteiger partial charge in [0.1, 0.15) is 11.5 Å². The molecule has 1 heterocycles. The molecule has 0 bridgehead atoms. The minimum Gasteiger partial charge on any atom is -0.494 e. The monoisotopic (exact) mass is 521 g/mol. The van der Waals surface area contributed by atoms with E-state index >= 15 is 0 Å². The Bertz CT molecular complexity index is 885. The van der Waals surface area contributed by atoms with Gasteiger partial charge in [-0.1, -0.05) is 104 Å². The van der Waals surface area contributed by atoms with Crippen molar-refractivity contribution in [2.75, 3.05) is 6.61 Å². The van der Waals surface area contributed by atoms with Gasteiger partial charge >= 0.3 is 5.97 Å². The fourth-order valence-corrected chi connectivity index (χ4v) is 5.57. The second-order valence-corrected chi connectivity index (χ2v) is 11.3. The first kappa shape index (κ1) is 30.2. The highest BCUT2D eigenvalue weighted by atomic mass is 16.5. The Morgan fingerprint density at radius 2 is 1.34 bits per heavy atom. The SMILES string of the molecule is CCCCCCCOc1ccc(C(=O)Oc2ccc(CCC3CCC(CCCCCCC)CC3)nc2)cc1. The van der Waals surface area contributed by atoms with E-state index in [4.69, 9.17) is 9.47 Å². The van der Waals surface area contributed by atoms with Crippen LogP contribution in [0.25, 0.3) is 0 Å². The summed E-state index contributed by atoms with van der Waals surface area (Å²) in [4.78, 5) is 17.1. The molecule has 0 aliphatic heterocycles. The highest BCUT2D eigenvalue weighted by Crippen LogP contribution is 2.34. The molecule has 1 aromatic heterocycles. The third kappa shape index (κ3) is 11.6. The predicted molar refractivity (Wildman–Crippen MR) is 157 cm³/mol. The number of aryl methyl sites for hydroxylation is 1. The van der Waals surface area contributed by atoms with Crippen LogP contribution in [0.4, 0.5) is 0 Å². The summed E-state index contributed by atoms with van der Waals surface area (Å²) in [6.07, 6.45) is 23.9. The van der Waals surface area contributed by atoms with E-state index < -0.39 is 0 Å². The number of nitrogens with zero attached hydrogens (tertiary/aromatic N) is 1. The van der Waals surface area contributed by atoms with E-state index in [2.05, 4.69) is 18.8 Å². The molecule has 210 valence electrons. The number of carbonyl (C=O) groups excluding carboxylic acids is 1. The number of hydrogen-bond acceptors (Lipinski definition) is 4. The Hall–Kier alpha value is -2.36. The first-order chi connectivity index (χ1) is 18.7. The molecule has 4 heteroatoms. The van der Waals surface area contributed by atoms with E-state index in [-0.39, 0.29) is 5.97 Å². The Labute approximate surface area is 231 Å². The highest BCUT2D eigenvalue weighted by Gasteiger charge is 2.21. The predicted octanol–water partition coefficient (Wildman–Crippen LogP) is 9.75. The fourth-order valence-electron chi connectivity index (χ4n) is 5.57. The smallest absolute Gasteiger partial charge is 0.343 e. The maximum atomic E-state index is 12.6. The molecule has 0 spiro atoms. The number of rotatable bonds is 18. The van der Waals surface area contributed by atoms with E-state index in [0.29, 0.717) is 17.9 Å². The average molecular weight is 522 g/mol. The second kappa shape index (κ2) is 18.0. The normalized spacial score (nSPS) is 17.3. The van der Waals surface area contributed by atoms with Crippen LogP contribution in [-0.2, 0) is 6.42 Å². The van der Waals surface area contributed by atoms with Crippen molar-refractivity contribution in [1.29, 1.82) is 0 Å². The van der Waals surface area contributed by atoms with E-state index in [1.54, 1.807) is 18.3 Å². The van der Waals surface area contributed by atoms with Crippen LogP contribution in [0.3, 0.4) is 0 Å². The van der Waals surface area contributed by atoms with Crippen LogP contribution in [0, 0.1) is 11.8 Å². The molecule has 0 N–H and O–H groups in total. The number of aromatic nitrogens is 1. The Kier molecular flexibility index (Phi) is 14.3. The molecule has 4 nitrogen and oxygen atoms in total. The van der Waals surface area contributed by atoms with Crippen molar-refractivity contribution in [3.8, 4) is 11.5 Å². The zero-order valence-corrected chi connectivity index (χ0v) is 24.1. The van der Waals surface area contributed by atoms with Crippen molar-refractivity contribution in [2.45, 2.75) is 123 Å². The first-order valence-electron chi connectivity index (χ1n) is 15.6. The summed E-state index contributed by atoms with van der Waals surface area (Å²) in [5.41, 5.74) is 1.60. The molecule has 3 rings (SSSR count). The summed E-state index contributed by atoms with van der Waals surface area (Å²) >= 11 is 0. The third-order valence-corrected chi connectivity index (χ3v) is 8.11. The largest absolute Gasteiger partial charge is 0.494 e. The zero-order chi connectivity index (χ0) is 26.8. The summed E-state index contributed by atoms with van der Waals surface area (Å²) in [6.45, 7) is 5.22. The molecule has 1 saturated carbocycles. The number of carbonyl (C=O) groups is 1. The molecule has 38 heavy (non-hydrogen) atoms. The zero-order valence-electron chi connectivity index (χ0n) is 24.1. The van der Waals surface area contributed by atoms with Gasteiger partial charge in [0.05, 0.1) is 18.4 Å². The lowest BCUT2D eigenvalue weighted by atomic mass is 9.78. The van der Waals surface area contributed by atoms with E-state index in [9.17, 15) is 4.79 Å². The molecule has 1 aliphatic rings. The molecule has 1 aliphatic carbocycles. The van der Waals surface area contributed by atoms with Crippen molar-refractivity contribution in [1.82, 2.24) is 4.98 Å². The van der Waals surface area contributed by atoms with Gasteiger partial charge in [-0.2, -0.15) is 0 Å². The van der Waals surface area contributed by atoms with Crippen LogP contribution >= 0.6 is 0 Å².